The second-order valence-electron chi connectivity index (χ2n) is 4.51. The maximum absolute atomic E-state index is 8.80. The van der Waals surface area contributed by atoms with Crippen molar-refractivity contribution in [1.29, 1.82) is 10.5 Å². The Balaban J connectivity index is 2.34. The Hall–Kier alpha value is -2.48. The molecule has 0 fully saturated rings. The first-order valence-electron chi connectivity index (χ1n) is 6.94. The molecule has 7 heteroatoms. The first-order valence-corrected chi connectivity index (χ1v) is 6.94. The van der Waals surface area contributed by atoms with Crippen LogP contribution in [0.2, 0.25) is 0 Å². The van der Waals surface area contributed by atoms with Gasteiger partial charge in [-0.1, -0.05) is 0 Å². The van der Waals surface area contributed by atoms with Crippen molar-refractivity contribution in [3.8, 4) is 12.1 Å². The van der Waals surface area contributed by atoms with Gasteiger partial charge in [0.05, 0.1) is 6.54 Å². The number of nitrogens with zero attached hydrogens (tertiary/aromatic N) is 2. The Labute approximate surface area is 130 Å². The highest BCUT2D eigenvalue weighted by atomic mass is 16.5. The molecule has 0 saturated carbocycles. The molecule has 0 aliphatic carbocycles. The summed E-state index contributed by atoms with van der Waals surface area (Å²) in [6, 6.07) is 7.48. The number of furan rings is 1. The lowest BCUT2D eigenvalue weighted by atomic mass is 10.3. The van der Waals surface area contributed by atoms with Gasteiger partial charge in [0.1, 0.15) is 35.6 Å². The highest BCUT2D eigenvalue weighted by Gasteiger charge is 2.09. The number of hydrogen-bond donors (Lipinski definition) is 3. The molecule has 7 nitrogen and oxygen atoms in total. The van der Waals surface area contributed by atoms with Gasteiger partial charge < -0.3 is 25.1 Å². The van der Waals surface area contributed by atoms with Crippen molar-refractivity contribution < 1.29 is 9.15 Å². The lowest BCUT2D eigenvalue weighted by Gasteiger charge is -2.10. The lowest BCUT2D eigenvalue weighted by molar-refractivity contribution is 0.0981. The van der Waals surface area contributed by atoms with Gasteiger partial charge in [0.15, 0.2) is 5.57 Å². The zero-order chi connectivity index (χ0) is 16.4. The molecule has 22 heavy (non-hydrogen) atoms. The fourth-order valence-corrected chi connectivity index (χ4v) is 1.75. The van der Waals surface area contributed by atoms with E-state index < -0.39 is 0 Å². The largest absolute Gasteiger partial charge is 0.462 e. The van der Waals surface area contributed by atoms with Gasteiger partial charge >= 0.3 is 0 Å². The monoisotopic (exact) mass is 303 g/mol. The van der Waals surface area contributed by atoms with E-state index in [1.165, 1.54) is 0 Å². The van der Waals surface area contributed by atoms with E-state index in [1.807, 2.05) is 31.2 Å². The summed E-state index contributed by atoms with van der Waals surface area (Å²) in [5.74, 6) is 2.06. The number of nitriles is 2. The molecule has 0 aliphatic rings. The third-order valence-electron chi connectivity index (χ3n) is 3.06. The average molecular weight is 303 g/mol. The predicted molar refractivity (Wildman–Crippen MR) is 81.2 cm³/mol. The fraction of sp³-hybridized carbons (Fsp3) is 0.467. The van der Waals surface area contributed by atoms with E-state index in [0.29, 0.717) is 25.5 Å². The summed E-state index contributed by atoms with van der Waals surface area (Å²) < 4.78 is 10.8. The van der Waals surface area contributed by atoms with E-state index in [1.54, 1.807) is 14.2 Å². The number of allylic oxidation sites excluding steroid dienone is 1. The topological polar surface area (TPSA) is 106 Å². The van der Waals surface area contributed by atoms with E-state index in [4.69, 9.17) is 19.7 Å². The standard InChI is InChI=1S/C15H21N5O2/c1-11(21-3)14-5-4-13(22-14)10-19-6-7-20-15(18-2)12(8-16)9-17/h4-5,11,18-20H,6-7,10H2,1-3H3. The minimum Gasteiger partial charge on any atom is -0.462 e. The quantitative estimate of drug-likeness (QED) is 0.464. The van der Waals surface area contributed by atoms with Gasteiger partial charge in [0.25, 0.3) is 0 Å². The summed E-state index contributed by atoms with van der Waals surface area (Å²) in [5, 5.41) is 26.6. The number of methoxy groups -OCH3 is 1. The van der Waals surface area contributed by atoms with Crippen molar-refractivity contribution in [3.63, 3.8) is 0 Å². The highest BCUT2D eigenvalue weighted by molar-refractivity contribution is 5.38. The molecular formula is C15H21N5O2. The molecule has 0 amide bonds. The average Bonchev–Trinajstić information content (AvgIpc) is 3.01. The molecule has 0 aromatic carbocycles. The molecule has 1 aromatic rings. The molecule has 0 saturated heterocycles. The van der Waals surface area contributed by atoms with Crippen LogP contribution in [0.5, 0.6) is 0 Å². The molecule has 0 bridgehead atoms. The second-order valence-corrected chi connectivity index (χ2v) is 4.51. The van der Waals surface area contributed by atoms with Gasteiger partial charge in [-0.05, 0) is 19.1 Å². The molecule has 0 radical (unpaired) electrons. The molecule has 1 unspecified atom stereocenters. The predicted octanol–water partition coefficient (Wildman–Crippen LogP) is 1.14. The van der Waals surface area contributed by atoms with E-state index in [2.05, 4.69) is 16.0 Å². The van der Waals surface area contributed by atoms with Gasteiger partial charge in [-0.25, -0.2) is 0 Å². The van der Waals surface area contributed by atoms with Crippen LogP contribution < -0.4 is 16.0 Å². The van der Waals surface area contributed by atoms with Crippen molar-refractivity contribution >= 4 is 0 Å². The molecule has 1 aromatic heterocycles. The van der Waals surface area contributed by atoms with Crippen molar-refractivity contribution in [1.82, 2.24) is 16.0 Å². The zero-order valence-electron chi connectivity index (χ0n) is 13.1. The smallest absolute Gasteiger partial charge is 0.169 e. The Morgan fingerprint density at radius 1 is 1.32 bits per heavy atom. The van der Waals surface area contributed by atoms with Gasteiger partial charge in [-0.15, -0.1) is 0 Å². The second kappa shape index (κ2) is 9.46. The summed E-state index contributed by atoms with van der Waals surface area (Å²) in [6.45, 7) is 3.75. The minimum atomic E-state index is -0.0610. The Bertz CT molecular complexity index is 563. The highest BCUT2D eigenvalue weighted by Crippen LogP contribution is 2.18. The summed E-state index contributed by atoms with van der Waals surface area (Å²) in [6.07, 6.45) is -0.0610. The Kier molecular flexibility index (Phi) is 7.55. The SMILES string of the molecule is CNC(NCCNCc1ccc(C(C)OC)o1)=C(C#N)C#N. The maximum Gasteiger partial charge on any atom is 0.169 e. The summed E-state index contributed by atoms with van der Waals surface area (Å²) in [7, 11) is 3.30. The third kappa shape index (κ3) is 5.13. The van der Waals surface area contributed by atoms with Crippen LogP contribution in [0.3, 0.4) is 0 Å². The summed E-state index contributed by atoms with van der Waals surface area (Å²) >= 11 is 0. The van der Waals surface area contributed by atoms with Gasteiger partial charge in [0, 0.05) is 27.2 Å². The lowest BCUT2D eigenvalue weighted by Crippen LogP contribution is -2.31. The van der Waals surface area contributed by atoms with Gasteiger partial charge in [-0.2, -0.15) is 10.5 Å². The molecule has 118 valence electrons. The normalized spacial score (nSPS) is 11.1. The first kappa shape index (κ1) is 17.6. The van der Waals surface area contributed by atoms with E-state index in [-0.39, 0.29) is 11.7 Å². The maximum atomic E-state index is 8.80. The number of hydrogen-bond acceptors (Lipinski definition) is 7. The molecular weight excluding hydrogens is 282 g/mol. The van der Waals surface area contributed by atoms with Crippen molar-refractivity contribution in [2.45, 2.75) is 19.6 Å². The Morgan fingerprint density at radius 3 is 2.64 bits per heavy atom. The van der Waals surface area contributed by atoms with Crippen LogP contribution in [0.15, 0.2) is 27.9 Å². The van der Waals surface area contributed by atoms with Crippen LogP contribution in [0.25, 0.3) is 0 Å². The molecule has 1 heterocycles. The van der Waals surface area contributed by atoms with Crippen LogP contribution in [0, 0.1) is 22.7 Å². The number of rotatable bonds is 9. The number of ether oxygens (including phenoxy) is 1. The molecule has 3 N–H and O–H groups in total. The van der Waals surface area contributed by atoms with Crippen LogP contribution in [0.4, 0.5) is 0 Å². The minimum absolute atomic E-state index is 0.0340. The van der Waals surface area contributed by atoms with Crippen LogP contribution in [0.1, 0.15) is 24.5 Å². The van der Waals surface area contributed by atoms with E-state index in [9.17, 15) is 0 Å². The molecule has 1 atom stereocenters. The van der Waals surface area contributed by atoms with E-state index in [0.717, 1.165) is 11.5 Å². The van der Waals surface area contributed by atoms with Crippen LogP contribution in [-0.2, 0) is 11.3 Å². The summed E-state index contributed by atoms with van der Waals surface area (Å²) in [5.41, 5.74) is 0.0340. The molecule has 0 aliphatic heterocycles. The molecule has 1 rings (SSSR count). The van der Waals surface area contributed by atoms with Crippen molar-refractivity contribution in [3.05, 3.63) is 35.0 Å². The van der Waals surface area contributed by atoms with Crippen molar-refractivity contribution in [2.24, 2.45) is 0 Å². The number of nitrogens with one attached hydrogen (secondary N) is 3. The van der Waals surface area contributed by atoms with Crippen molar-refractivity contribution in [2.75, 3.05) is 27.2 Å². The molecule has 0 spiro atoms. The first-order chi connectivity index (χ1) is 10.7. The Morgan fingerprint density at radius 2 is 2.05 bits per heavy atom. The fourth-order valence-electron chi connectivity index (χ4n) is 1.75. The zero-order valence-corrected chi connectivity index (χ0v) is 13.1. The van der Waals surface area contributed by atoms with Gasteiger partial charge in [-0.3, -0.25) is 0 Å². The van der Waals surface area contributed by atoms with E-state index >= 15 is 0 Å². The third-order valence-corrected chi connectivity index (χ3v) is 3.06. The van der Waals surface area contributed by atoms with Crippen LogP contribution in [-0.4, -0.2) is 27.2 Å². The van der Waals surface area contributed by atoms with Gasteiger partial charge in [0.2, 0.25) is 0 Å². The van der Waals surface area contributed by atoms with Crippen LogP contribution >= 0.6 is 0 Å². The summed E-state index contributed by atoms with van der Waals surface area (Å²) in [4.78, 5) is 0.